The summed E-state index contributed by atoms with van der Waals surface area (Å²) in [5.41, 5.74) is 3.30. The fourth-order valence-corrected chi connectivity index (χ4v) is 4.14. The van der Waals surface area contributed by atoms with Crippen LogP contribution >= 0.6 is 11.6 Å². The van der Waals surface area contributed by atoms with Gasteiger partial charge in [0, 0.05) is 16.3 Å². The van der Waals surface area contributed by atoms with E-state index in [1.807, 2.05) is 19.1 Å². The van der Waals surface area contributed by atoms with Crippen LogP contribution in [0.25, 0.3) is 17.0 Å². The van der Waals surface area contributed by atoms with E-state index >= 15 is 0 Å². The fraction of sp³-hybridized carbons (Fsp3) is 0.115. The molecule has 0 aliphatic carbocycles. The number of nitrogens with zero attached hydrogens (tertiary/aromatic N) is 3. The van der Waals surface area contributed by atoms with Gasteiger partial charge in [-0.15, -0.1) is 0 Å². The highest BCUT2D eigenvalue weighted by Crippen LogP contribution is 2.39. The highest BCUT2D eigenvalue weighted by atomic mass is 35.5. The Balaban J connectivity index is 1.63. The lowest BCUT2D eigenvalue weighted by atomic mass is 9.94. The van der Waals surface area contributed by atoms with Crippen LogP contribution in [-0.2, 0) is 0 Å². The summed E-state index contributed by atoms with van der Waals surface area (Å²) in [7, 11) is 1.58. The van der Waals surface area contributed by atoms with E-state index in [-0.39, 0.29) is 17.7 Å². The molecule has 35 heavy (non-hydrogen) atoms. The van der Waals surface area contributed by atoms with Gasteiger partial charge in [0.05, 0.1) is 24.4 Å². The van der Waals surface area contributed by atoms with E-state index in [4.69, 9.17) is 20.9 Å². The number of amides is 2. The van der Waals surface area contributed by atoms with E-state index in [9.17, 15) is 9.18 Å². The first-order chi connectivity index (χ1) is 16.9. The third-order valence-corrected chi connectivity index (χ3v) is 6.03. The molecule has 9 heteroatoms. The fourth-order valence-electron chi connectivity index (χ4n) is 4.02. The van der Waals surface area contributed by atoms with Crippen molar-refractivity contribution in [2.75, 3.05) is 12.0 Å². The SMILES string of the molecule is COc1ccc(N2C(=O)NC(c3ccc(Cl)cc3)C(c3nc(-c4ccc(F)cc4)no3)=C2C)cc1. The van der Waals surface area contributed by atoms with Gasteiger partial charge in [0.15, 0.2) is 0 Å². The van der Waals surface area contributed by atoms with E-state index < -0.39 is 6.04 Å². The second-order valence-electron chi connectivity index (χ2n) is 7.90. The predicted molar refractivity (Wildman–Crippen MR) is 130 cm³/mol. The molecule has 2 amide bonds. The van der Waals surface area contributed by atoms with Gasteiger partial charge in [-0.2, -0.15) is 4.98 Å². The molecule has 1 atom stereocenters. The summed E-state index contributed by atoms with van der Waals surface area (Å²) in [6.45, 7) is 1.82. The van der Waals surface area contributed by atoms with Crippen molar-refractivity contribution in [2.24, 2.45) is 0 Å². The van der Waals surface area contributed by atoms with E-state index in [2.05, 4.69) is 15.5 Å². The molecular formula is C26H20ClFN4O3. The summed E-state index contributed by atoms with van der Waals surface area (Å²) in [4.78, 5) is 19.4. The zero-order valence-electron chi connectivity index (χ0n) is 18.8. The van der Waals surface area contributed by atoms with E-state index in [0.29, 0.717) is 39.1 Å². The zero-order chi connectivity index (χ0) is 24.5. The number of hydrogen-bond donors (Lipinski definition) is 1. The van der Waals surface area contributed by atoms with Gasteiger partial charge in [-0.25, -0.2) is 9.18 Å². The number of urea groups is 1. The van der Waals surface area contributed by atoms with E-state index in [0.717, 1.165) is 5.56 Å². The minimum atomic E-state index is -0.559. The molecule has 0 bridgehead atoms. The van der Waals surface area contributed by atoms with Crippen molar-refractivity contribution in [2.45, 2.75) is 13.0 Å². The zero-order valence-corrected chi connectivity index (χ0v) is 19.6. The molecule has 4 aromatic rings. The molecule has 0 saturated heterocycles. The second-order valence-corrected chi connectivity index (χ2v) is 8.33. The van der Waals surface area contributed by atoms with Gasteiger partial charge < -0.3 is 14.6 Å². The van der Waals surface area contributed by atoms with Crippen molar-refractivity contribution in [3.05, 3.63) is 101 Å². The standard InChI is InChI=1S/C26H20ClFN4O3/c1-15-22(25-30-24(31-35-25)17-5-9-19(28)10-6-17)23(16-3-7-18(27)8-4-16)29-26(33)32(15)20-11-13-21(34-2)14-12-20/h3-14,23H,1-2H3,(H,29,33). The lowest BCUT2D eigenvalue weighted by Gasteiger charge is -2.35. The molecule has 1 unspecified atom stereocenters. The van der Waals surface area contributed by atoms with Gasteiger partial charge in [0.2, 0.25) is 5.82 Å². The summed E-state index contributed by atoms with van der Waals surface area (Å²) in [5.74, 6) is 0.861. The lowest BCUT2D eigenvalue weighted by molar-refractivity contribution is 0.244. The van der Waals surface area contributed by atoms with Crippen LogP contribution in [0.3, 0.4) is 0 Å². The number of carbonyl (C=O) groups is 1. The molecule has 1 aliphatic heterocycles. The smallest absolute Gasteiger partial charge is 0.326 e. The summed E-state index contributed by atoms with van der Waals surface area (Å²) < 4.78 is 24.3. The molecule has 5 rings (SSSR count). The van der Waals surface area contributed by atoms with Crippen LogP contribution in [0, 0.1) is 5.82 Å². The number of carbonyl (C=O) groups excluding carboxylic acids is 1. The predicted octanol–water partition coefficient (Wildman–Crippen LogP) is 6.24. The molecule has 0 radical (unpaired) electrons. The number of rotatable bonds is 5. The van der Waals surface area contributed by atoms with Crippen LogP contribution in [0.15, 0.2) is 83.0 Å². The number of halogens is 2. The van der Waals surface area contributed by atoms with Crippen molar-refractivity contribution in [3.8, 4) is 17.1 Å². The Hall–Kier alpha value is -4.17. The molecule has 0 saturated carbocycles. The number of hydrogen-bond acceptors (Lipinski definition) is 5. The topological polar surface area (TPSA) is 80.5 Å². The van der Waals surface area contributed by atoms with E-state index in [1.54, 1.807) is 60.5 Å². The molecule has 1 aromatic heterocycles. The number of benzene rings is 3. The summed E-state index contributed by atoms with van der Waals surface area (Å²) in [6, 6.07) is 19.3. The van der Waals surface area contributed by atoms with Crippen LogP contribution in [0.2, 0.25) is 5.02 Å². The third kappa shape index (κ3) is 4.36. The van der Waals surface area contributed by atoms with Crippen LogP contribution in [0.5, 0.6) is 5.75 Å². The summed E-state index contributed by atoms with van der Waals surface area (Å²) in [6.07, 6.45) is 0. The van der Waals surface area contributed by atoms with Gasteiger partial charge in [-0.1, -0.05) is 28.9 Å². The maximum atomic E-state index is 13.4. The molecule has 2 heterocycles. The molecule has 0 fully saturated rings. The Morgan fingerprint density at radius 1 is 1.03 bits per heavy atom. The van der Waals surface area contributed by atoms with Gasteiger partial charge in [0.25, 0.3) is 5.89 Å². The highest BCUT2D eigenvalue weighted by molar-refractivity contribution is 6.30. The quantitative estimate of drug-likeness (QED) is 0.358. The Kier molecular flexibility index (Phi) is 5.96. The van der Waals surface area contributed by atoms with Crippen molar-refractivity contribution in [1.82, 2.24) is 15.5 Å². The van der Waals surface area contributed by atoms with Crippen LogP contribution < -0.4 is 15.0 Å². The molecule has 3 aromatic carbocycles. The Bertz CT molecular complexity index is 1400. The number of allylic oxidation sites excluding steroid dienone is 1. The largest absolute Gasteiger partial charge is 0.497 e. The van der Waals surface area contributed by atoms with E-state index in [1.165, 1.54) is 12.1 Å². The van der Waals surface area contributed by atoms with Crippen LogP contribution in [0.4, 0.5) is 14.9 Å². The monoisotopic (exact) mass is 490 g/mol. The minimum absolute atomic E-state index is 0.236. The number of methoxy groups -OCH3 is 1. The second kappa shape index (κ2) is 9.23. The first-order valence-corrected chi connectivity index (χ1v) is 11.1. The van der Waals surface area contributed by atoms with Crippen LogP contribution in [-0.4, -0.2) is 23.3 Å². The maximum absolute atomic E-state index is 13.4. The summed E-state index contributed by atoms with van der Waals surface area (Å²) >= 11 is 6.09. The van der Waals surface area contributed by atoms with Crippen molar-refractivity contribution in [1.29, 1.82) is 0 Å². The highest BCUT2D eigenvalue weighted by Gasteiger charge is 2.36. The minimum Gasteiger partial charge on any atom is -0.497 e. The average molecular weight is 491 g/mol. The van der Waals surface area contributed by atoms with Gasteiger partial charge in [-0.05, 0) is 73.2 Å². The number of ether oxygens (including phenoxy) is 1. The molecule has 1 N–H and O–H groups in total. The van der Waals surface area contributed by atoms with Crippen LogP contribution in [0.1, 0.15) is 24.4 Å². The van der Waals surface area contributed by atoms with Gasteiger partial charge in [-0.3, -0.25) is 4.90 Å². The molecule has 1 aliphatic rings. The maximum Gasteiger partial charge on any atom is 0.326 e. The molecule has 0 spiro atoms. The average Bonchev–Trinajstić information content (AvgIpc) is 3.35. The van der Waals surface area contributed by atoms with Crippen molar-refractivity contribution < 1.29 is 18.4 Å². The first kappa shape index (κ1) is 22.6. The van der Waals surface area contributed by atoms with Crippen molar-refractivity contribution in [3.63, 3.8) is 0 Å². The normalized spacial score (nSPS) is 15.8. The lowest BCUT2D eigenvalue weighted by Crippen LogP contribution is -2.46. The number of anilines is 1. The Morgan fingerprint density at radius 3 is 2.37 bits per heavy atom. The molecule has 176 valence electrons. The molecular weight excluding hydrogens is 471 g/mol. The summed E-state index contributed by atoms with van der Waals surface area (Å²) in [5, 5.41) is 7.72. The number of aromatic nitrogens is 2. The Labute approximate surface area is 205 Å². The van der Waals surface area contributed by atoms with Crippen molar-refractivity contribution >= 4 is 28.9 Å². The van der Waals surface area contributed by atoms with Gasteiger partial charge in [0.1, 0.15) is 11.6 Å². The van der Waals surface area contributed by atoms with Gasteiger partial charge >= 0.3 is 6.03 Å². The molecule has 7 nitrogen and oxygen atoms in total. The number of nitrogens with one attached hydrogen (secondary N) is 1. The Morgan fingerprint density at radius 2 is 1.71 bits per heavy atom. The third-order valence-electron chi connectivity index (χ3n) is 5.78. The first-order valence-electron chi connectivity index (χ1n) is 10.8.